The molecule has 1 aromatic carbocycles. The zero-order valence-electron chi connectivity index (χ0n) is 9.30. The van der Waals surface area contributed by atoms with Crippen LogP contribution < -0.4 is 0 Å². The number of nitrogens with zero attached hydrogens (tertiary/aromatic N) is 1. The Balaban J connectivity index is 2.12. The summed E-state index contributed by atoms with van der Waals surface area (Å²) in [6.07, 6.45) is 2.96. The molecule has 0 bridgehead atoms. The number of hydrogen-bond donors (Lipinski definition) is 1. The fourth-order valence-electron chi connectivity index (χ4n) is 2.38. The molecule has 0 aliphatic heterocycles. The quantitative estimate of drug-likeness (QED) is 0.650. The third-order valence-electron chi connectivity index (χ3n) is 3.33. The number of halogens is 1. The van der Waals surface area contributed by atoms with Gasteiger partial charge in [0.05, 0.1) is 11.0 Å². The Morgan fingerprint density at radius 2 is 2.24 bits per heavy atom. The first-order valence-electron chi connectivity index (χ1n) is 5.69. The molecule has 1 aromatic rings. The predicted molar refractivity (Wildman–Crippen MR) is 60.1 cm³/mol. The number of aliphatic hydroxyl groups is 1. The highest BCUT2D eigenvalue weighted by atomic mass is 19.1. The predicted octanol–water partition coefficient (Wildman–Crippen LogP) is 2.44. The van der Waals surface area contributed by atoms with E-state index >= 15 is 0 Å². The van der Waals surface area contributed by atoms with E-state index in [2.05, 4.69) is 0 Å². The SMILES string of the molecule is O=[N+]([O-])c1ccc(CC2CCCC2O)cc1F. The normalized spacial score (nSPS) is 23.9. The van der Waals surface area contributed by atoms with Crippen LogP contribution in [0.2, 0.25) is 0 Å². The second kappa shape index (κ2) is 4.79. The van der Waals surface area contributed by atoms with Gasteiger partial charge in [-0.25, -0.2) is 0 Å². The molecule has 1 N–H and O–H groups in total. The average molecular weight is 239 g/mol. The lowest BCUT2D eigenvalue weighted by atomic mass is 9.96. The summed E-state index contributed by atoms with van der Waals surface area (Å²) < 4.78 is 13.4. The van der Waals surface area contributed by atoms with Crippen LogP contribution in [0.3, 0.4) is 0 Å². The van der Waals surface area contributed by atoms with Gasteiger partial charge in [-0.3, -0.25) is 10.1 Å². The standard InChI is InChI=1S/C12H14FNO3/c13-10-7-8(4-5-11(10)14(16)17)6-9-2-1-3-12(9)15/h4-5,7,9,12,15H,1-3,6H2. The van der Waals surface area contributed by atoms with Gasteiger partial charge in [0.2, 0.25) is 5.82 Å². The Hall–Kier alpha value is -1.49. The van der Waals surface area contributed by atoms with E-state index in [0.29, 0.717) is 12.0 Å². The molecule has 0 aromatic heterocycles. The van der Waals surface area contributed by atoms with Gasteiger partial charge in [-0.05, 0) is 36.8 Å². The lowest BCUT2D eigenvalue weighted by Crippen LogP contribution is -2.15. The van der Waals surface area contributed by atoms with Crippen molar-refractivity contribution < 1.29 is 14.4 Å². The van der Waals surface area contributed by atoms with Crippen molar-refractivity contribution in [2.75, 3.05) is 0 Å². The molecule has 5 heteroatoms. The minimum absolute atomic E-state index is 0.149. The molecule has 2 atom stereocenters. The van der Waals surface area contributed by atoms with Gasteiger partial charge < -0.3 is 5.11 Å². The topological polar surface area (TPSA) is 63.4 Å². The summed E-state index contributed by atoms with van der Waals surface area (Å²) in [6, 6.07) is 3.95. The first kappa shape index (κ1) is 12.0. The average Bonchev–Trinajstić information content (AvgIpc) is 2.64. The highest BCUT2D eigenvalue weighted by Gasteiger charge is 2.25. The van der Waals surface area contributed by atoms with E-state index in [1.807, 2.05) is 0 Å². The lowest BCUT2D eigenvalue weighted by molar-refractivity contribution is -0.387. The number of nitro groups is 1. The molecule has 0 spiro atoms. The smallest absolute Gasteiger partial charge is 0.304 e. The molecular weight excluding hydrogens is 225 g/mol. The van der Waals surface area contributed by atoms with Gasteiger partial charge in [-0.15, -0.1) is 0 Å². The van der Waals surface area contributed by atoms with E-state index in [1.165, 1.54) is 12.1 Å². The van der Waals surface area contributed by atoms with E-state index in [0.717, 1.165) is 19.3 Å². The van der Waals surface area contributed by atoms with E-state index < -0.39 is 16.4 Å². The maximum Gasteiger partial charge on any atom is 0.304 e. The van der Waals surface area contributed by atoms with Crippen LogP contribution in [-0.4, -0.2) is 16.1 Å². The third-order valence-corrected chi connectivity index (χ3v) is 3.33. The maximum atomic E-state index is 13.4. The van der Waals surface area contributed by atoms with Crippen molar-refractivity contribution in [3.63, 3.8) is 0 Å². The Morgan fingerprint density at radius 1 is 1.47 bits per heavy atom. The van der Waals surface area contributed by atoms with Gasteiger partial charge in [-0.2, -0.15) is 4.39 Å². The Morgan fingerprint density at radius 3 is 2.76 bits per heavy atom. The zero-order valence-corrected chi connectivity index (χ0v) is 9.30. The molecule has 2 rings (SSSR count). The number of nitro benzene ring substituents is 1. The zero-order chi connectivity index (χ0) is 12.4. The fourth-order valence-corrected chi connectivity index (χ4v) is 2.38. The van der Waals surface area contributed by atoms with Gasteiger partial charge in [0.1, 0.15) is 0 Å². The minimum Gasteiger partial charge on any atom is -0.393 e. The summed E-state index contributed by atoms with van der Waals surface area (Å²) in [7, 11) is 0. The van der Waals surface area contributed by atoms with Gasteiger partial charge in [0, 0.05) is 6.07 Å². The van der Waals surface area contributed by atoms with Gasteiger partial charge in [-0.1, -0.05) is 12.5 Å². The van der Waals surface area contributed by atoms with Gasteiger partial charge >= 0.3 is 5.69 Å². The minimum atomic E-state index is -0.806. The maximum absolute atomic E-state index is 13.4. The molecule has 1 saturated carbocycles. The molecule has 1 aliphatic carbocycles. The third kappa shape index (κ3) is 2.61. The molecule has 0 amide bonds. The van der Waals surface area contributed by atoms with Crippen molar-refractivity contribution >= 4 is 5.69 Å². The first-order chi connectivity index (χ1) is 8.08. The van der Waals surface area contributed by atoms with Crippen molar-refractivity contribution in [2.45, 2.75) is 31.8 Å². The number of benzene rings is 1. The van der Waals surface area contributed by atoms with Crippen LogP contribution in [0.15, 0.2) is 18.2 Å². The van der Waals surface area contributed by atoms with Crippen molar-refractivity contribution in [2.24, 2.45) is 5.92 Å². The second-order valence-corrected chi connectivity index (χ2v) is 4.51. The molecule has 0 radical (unpaired) electrons. The summed E-state index contributed by atoms with van der Waals surface area (Å²) in [4.78, 5) is 9.72. The summed E-state index contributed by atoms with van der Waals surface area (Å²) in [5.74, 6) is -0.657. The fraction of sp³-hybridized carbons (Fsp3) is 0.500. The van der Waals surface area contributed by atoms with E-state index in [-0.39, 0.29) is 12.0 Å². The lowest BCUT2D eigenvalue weighted by Gasteiger charge is -2.13. The second-order valence-electron chi connectivity index (χ2n) is 4.51. The van der Waals surface area contributed by atoms with E-state index in [4.69, 9.17) is 0 Å². The van der Waals surface area contributed by atoms with Crippen LogP contribution in [0.25, 0.3) is 0 Å². The Kier molecular flexibility index (Phi) is 3.38. The van der Waals surface area contributed by atoms with Crippen molar-refractivity contribution in [3.8, 4) is 0 Å². The Bertz CT molecular complexity index is 436. The monoisotopic (exact) mass is 239 g/mol. The number of hydrogen-bond acceptors (Lipinski definition) is 3. The van der Waals surface area contributed by atoms with Gasteiger partial charge in [0.15, 0.2) is 0 Å². The summed E-state index contributed by atoms with van der Waals surface area (Å²) >= 11 is 0. The van der Waals surface area contributed by atoms with Gasteiger partial charge in [0.25, 0.3) is 0 Å². The Labute approximate surface area is 98.2 Å². The molecule has 0 saturated heterocycles. The first-order valence-corrected chi connectivity index (χ1v) is 5.69. The summed E-state index contributed by atoms with van der Waals surface area (Å²) in [5, 5.41) is 20.1. The largest absolute Gasteiger partial charge is 0.393 e. The van der Waals surface area contributed by atoms with Crippen molar-refractivity contribution in [1.29, 1.82) is 0 Å². The molecule has 92 valence electrons. The van der Waals surface area contributed by atoms with Crippen molar-refractivity contribution in [1.82, 2.24) is 0 Å². The summed E-state index contributed by atoms with van der Waals surface area (Å²) in [6.45, 7) is 0. The highest BCUT2D eigenvalue weighted by Crippen LogP contribution is 2.29. The van der Waals surface area contributed by atoms with Crippen LogP contribution in [-0.2, 0) is 6.42 Å². The van der Waals surface area contributed by atoms with E-state index in [1.54, 1.807) is 6.07 Å². The molecule has 2 unspecified atom stereocenters. The van der Waals surface area contributed by atoms with Crippen LogP contribution in [0, 0.1) is 21.8 Å². The highest BCUT2D eigenvalue weighted by molar-refractivity contribution is 5.35. The molecule has 4 nitrogen and oxygen atoms in total. The molecule has 0 heterocycles. The van der Waals surface area contributed by atoms with E-state index in [9.17, 15) is 19.6 Å². The molecule has 1 fully saturated rings. The summed E-state index contributed by atoms with van der Waals surface area (Å²) in [5.41, 5.74) is 0.208. The van der Waals surface area contributed by atoms with Crippen LogP contribution in [0.4, 0.5) is 10.1 Å². The number of aliphatic hydroxyl groups excluding tert-OH is 1. The van der Waals surface area contributed by atoms with Crippen LogP contribution >= 0.6 is 0 Å². The van der Waals surface area contributed by atoms with Crippen LogP contribution in [0.5, 0.6) is 0 Å². The number of rotatable bonds is 3. The van der Waals surface area contributed by atoms with Crippen LogP contribution in [0.1, 0.15) is 24.8 Å². The molecule has 1 aliphatic rings. The van der Waals surface area contributed by atoms with Crippen molar-refractivity contribution in [3.05, 3.63) is 39.7 Å². The molecule has 17 heavy (non-hydrogen) atoms. The molecular formula is C12H14FNO3.